The minimum atomic E-state index is -3.58. The van der Waals surface area contributed by atoms with Crippen LogP contribution in [0.2, 0.25) is 0 Å². The number of amides is 1. The fourth-order valence-electron chi connectivity index (χ4n) is 5.54. The van der Waals surface area contributed by atoms with Gasteiger partial charge in [-0.05, 0) is 74.8 Å². The molecule has 1 saturated carbocycles. The first-order chi connectivity index (χ1) is 16.8. The standard InChI is InChI=1S/C26H31N5O3S/c1-17-24-22(16-23(19-7-8-19)27-25(24)29(2)28-17)26(32)30-11-13-31(14-12-30)35(33,34)21-10-9-18-5-3-4-6-20(18)15-21/h9-10,15-16,19H,3-8,11-14H2,1-2H3. The molecule has 9 heteroatoms. The summed E-state index contributed by atoms with van der Waals surface area (Å²) < 4.78 is 30.0. The monoisotopic (exact) mass is 493 g/mol. The van der Waals surface area contributed by atoms with Crippen molar-refractivity contribution in [3.8, 4) is 0 Å². The van der Waals surface area contributed by atoms with Crippen molar-refractivity contribution in [2.45, 2.75) is 56.3 Å². The predicted molar refractivity (Wildman–Crippen MR) is 133 cm³/mol. The first-order valence-corrected chi connectivity index (χ1v) is 14.0. The number of aromatic nitrogens is 3. The van der Waals surface area contributed by atoms with Crippen molar-refractivity contribution in [3.05, 3.63) is 52.3 Å². The summed E-state index contributed by atoms with van der Waals surface area (Å²) in [4.78, 5) is 20.6. The van der Waals surface area contributed by atoms with Crippen LogP contribution in [0.15, 0.2) is 29.2 Å². The van der Waals surface area contributed by atoms with Crippen LogP contribution < -0.4 is 0 Å². The van der Waals surface area contributed by atoms with Gasteiger partial charge in [0.15, 0.2) is 5.65 Å². The van der Waals surface area contributed by atoms with Gasteiger partial charge in [-0.2, -0.15) is 9.40 Å². The number of nitrogens with zero attached hydrogens (tertiary/aromatic N) is 5. The van der Waals surface area contributed by atoms with Crippen LogP contribution in [0.25, 0.3) is 11.0 Å². The number of hydrogen-bond donors (Lipinski definition) is 0. The van der Waals surface area contributed by atoms with Gasteiger partial charge in [0.05, 0.1) is 21.5 Å². The molecule has 8 nitrogen and oxygen atoms in total. The summed E-state index contributed by atoms with van der Waals surface area (Å²) in [6.45, 7) is 3.22. The van der Waals surface area contributed by atoms with Crippen molar-refractivity contribution in [2.24, 2.45) is 7.05 Å². The van der Waals surface area contributed by atoms with Crippen molar-refractivity contribution in [3.63, 3.8) is 0 Å². The minimum Gasteiger partial charge on any atom is -0.336 e. The van der Waals surface area contributed by atoms with Gasteiger partial charge in [0.2, 0.25) is 10.0 Å². The maximum atomic E-state index is 13.7. The van der Waals surface area contributed by atoms with E-state index in [9.17, 15) is 13.2 Å². The summed E-state index contributed by atoms with van der Waals surface area (Å²) in [5.41, 5.74) is 5.54. The quantitative estimate of drug-likeness (QED) is 0.557. The molecule has 0 unspecified atom stereocenters. The predicted octanol–water partition coefficient (Wildman–Crippen LogP) is 3.18. The fourth-order valence-corrected chi connectivity index (χ4v) is 7.02. The maximum Gasteiger partial charge on any atom is 0.254 e. The highest BCUT2D eigenvalue weighted by molar-refractivity contribution is 7.89. The molecule has 1 amide bonds. The number of pyridine rings is 1. The summed E-state index contributed by atoms with van der Waals surface area (Å²) >= 11 is 0. The van der Waals surface area contributed by atoms with E-state index >= 15 is 0 Å². The molecule has 3 aliphatic rings. The van der Waals surface area contributed by atoms with Gasteiger partial charge in [-0.3, -0.25) is 9.48 Å². The smallest absolute Gasteiger partial charge is 0.254 e. The second kappa shape index (κ2) is 8.41. The Hall–Kier alpha value is -2.78. The number of piperazine rings is 1. The lowest BCUT2D eigenvalue weighted by Gasteiger charge is -2.34. The molecular formula is C26H31N5O3S. The second-order valence-corrected chi connectivity index (χ2v) is 12.0. The molecule has 3 heterocycles. The summed E-state index contributed by atoms with van der Waals surface area (Å²) in [5.74, 6) is 0.348. The number of carbonyl (C=O) groups is 1. The van der Waals surface area contributed by atoms with Gasteiger partial charge < -0.3 is 4.90 Å². The maximum absolute atomic E-state index is 13.7. The SMILES string of the molecule is Cc1nn(C)c2nc(C3CC3)cc(C(=O)N3CCN(S(=O)(=O)c4ccc5c(c4)CCCC5)CC3)c12. The number of fused-ring (bicyclic) bond motifs is 2. The zero-order valence-electron chi connectivity index (χ0n) is 20.3. The van der Waals surface area contributed by atoms with E-state index in [0.717, 1.165) is 60.1 Å². The highest BCUT2D eigenvalue weighted by Crippen LogP contribution is 2.40. The molecule has 2 aromatic heterocycles. The molecule has 184 valence electrons. The van der Waals surface area contributed by atoms with Crippen LogP contribution in [0, 0.1) is 6.92 Å². The average Bonchev–Trinajstić information content (AvgIpc) is 3.68. The third-order valence-electron chi connectivity index (χ3n) is 7.70. The van der Waals surface area contributed by atoms with Gasteiger partial charge in [0.25, 0.3) is 5.91 Å². The molecule has 0 bridgehead atoms. The van der Waals surface area contributed by atoms with Crippen LogP contribution in [0.3, 0.4) is 0 Å². The van der Waals surface area contributed by atoms with E-state index in [0.29, 0.717) is 42.6 Å². The zero-order valence-corrected chi connectivity index (χ0v) is 21.1. The Bertz CT molecular complexity index is 1430. The zero-order chi connectivity index (χ0) is 24.3. The number of hydrogen-bond acceptors (Lipinski definition) is 5. The van der Waals surface area contributed by atoms with E-state index < -0.39 is 10.0 Å². The highest BCUT2D eigenvalue weighted by atomic mass is 32.2. The summed E-state index contributed by atoms with van der Waals surface area (Å²) in [6, 6.07) is 7.52. The number of aryl methyl sites for hydroxylation is 4. The summed E-state index contributed by atoms with van der Waals surface area (Å²) in [7, 11) is -1.73. The molecule has 0 N–H and O–H groups in total. The molecule has 2 fully saturated rings. The minimum absolute atomic E-state index is 0.0683. The Morgan fingerprint density at radius 2 is 1.71 bits per heavy atom. The fraction of sp³-hybridized carbons (Fsp3) is 0.500. The van der Waals surface area contributed by atoms with Crippen molar-refractivity contribution >= 4 is 27.0 Å². The van der Waals surface area contributed by atoms with Crippen LogP contribution in [0.1, 0.15) is 64.5 Å². The van der Waals surface area contributed by atoms with Crippen molar-refractivity contribution in [1.29, 1.82) is 0 Å². The molecule has 0 radical (unpaired) electrons. The van der Waals surface area contributed by atoms with Crippen molar-refractivity contribution in [1.82, 2.24) is 24.0 Å². The third kappa shape index (κ3) is 3.94. The van der Waals surface area contributed by atoms with E-state index in [1.54, 1.807) is 15.6 Å². The first kappa shape index (κ1) is 22.7. The molecule has 6 rings (SSSR count). The van der Waals surface area contributed by atoms with E-state index in [-0.39, 0.29) is 5.91 Å². The Morgan fingerprint density at radius 1 is 1.00 bits per heavy atom. The van der Waals surface area contributed by atoms with Crippen LogP contribution in [0.4, 0.5) is 0 Å². The molecule has 1 aliphatic heterocycles. The van der Waals surface area contributed by atoms with Crippen LogP contribution in [0.5, 0.6) is 0 Å². The second-order valence-electron chi connectivity index (χ2n) is 10.1. The first-order valence-electron chi connectivity index (χ1n) is 12.6. The highest BCUT2D eigenvalue weighted by Gasteiger charge is 2.33. The Kier molecular flexibility index (Phi) is 5.45. The van der Waals surface area contributed by atoms with Gasteiger partial charge in [-0.1, -0.05) is 6.07 Å². The van der Waals surface area contributed by atoms with Crippen molar-refractivity contribution < 1.29 is 13.2 Å². The molecule has 3 aromatic rings. The van der Waals surface area contributed by atoms with Gasteiger partial charge in [0, 0.05) is 44.8 Å². The Balaban J connectivity index is 1.23. The van der Waals surface area contributed by atoms with Gasteiger partial charge in [-0.15, -0.1) is 0 Å². The third-order valence-corrected chi connectivity index (χ3v) is 9.59. The average molecular weight is 494 g/mol. The molecular weight excluding hydrogens is 462 g/mol. The Morgan fingerprint density at radius 3 is 2.43 bits per heavy atom. The lowest BCUT2D eigenvalue weighted by atomic mass is 9.92. The largest absolute Gasteiger partial charge is 0.336 e. The lowest BCUT2D eigenvalue weighted by molar-refractivity contribution is 0.0699. The number of sulfonamides is 1. The van der Waals surface area contributed by atoms with Gasteiger partial charge in [-0.25, -0.2) is 13.4 Å². The Labute approximate surface area is 206 Å². The number of benzene rings is 1. The molecule has 0 spiro atoms. The van der Waals surface area contributed by atoms with Gasteiger partial charge >= 0.3 is 0 Å². The van der Waals surface area contributed by atoms with Crippen LogP contribution in [-0.2, 0) is 29.9 Å². The van der Waals surface area contributed by atoms with E-state index in [2.05, 4.69) is 5.10 Å². The lowest BCUT2D eigenvalue weighted by Crippen LogP contribution is -2.50. The summed E-state index contributed by atoms with van der Waals surface area (Å²) in [5, 5.41) is 5.30. The molecule has 0 atom stereocenters. The van der Waals surface area contributed by atoms with Gasteiger partial charge in [0.1, 0.15) is 0 Å². The van der Waals surface area contributed by atoms with Crippen LogP contribution >= 0.6 is 0 Å². The van der Waals surface area contributed by atoms with E-state index in [1.807, 2.05) is 32.2 Å². The molecule has 1 aromatic carbocycles. The number of carbonyl (C=O) groups excluding carboxylic acids is 1. The normalized spacial score (nSPS) is 19.2. The van der Waals surface area contributed by atoms with E-state index in [4.69, 9.17) is 4.98 Å². The topological polar surface area (TPSA) is 88.4 Å². The molecule has 35 heavy (non-hydrogen) atoms. The number of rotatable bonds is 4. The van der Waals surface area contributed by atoms with Crippen LogP contribution in [-0.4, -0.2) is 64.5 Å². The molecule has 2 aliphatic carbocycles. The van der Waals surface area contributed by atoms with Crippen molar-refractivity contribution in [2.75, 3.05) is 26.2 Å². The van der Waals surface area contributed by atoms with E-state index in [1.165, 1.54) is 16.3 Å². The summed E-state index contributed by atoms with van der Waals surface area (Å²) in [6.07, 6.45) is 6.44. The molecule has 1 saturated heterocycles.